The van der Waals surface area contributed by atoms with Crippen LogP contribution in [0.4, 0.5) is 17.1 Å². The molecule has 1 aromatic heterocycles. The zero-order valence-corrected chi connectivity index (χ0v) is 35.0. The molecule has 2 heteroatoms. The minimum absolute atomic E-state index is 0.00343. The highest BCUT2D eigenvalue weighted by Gasteiger charge is 2.47. The van der Waals surface area contributed by atoms with Crippen molar-refractivity contribution in [2.45, 2.75) is 56.8 Å². The van der Waals surface area contributed by atoms with E-state index < -0.39 is 5.41 Å². The third kappa shape index (κ3) is 5.36. The molecule has 2 aliphatic carbocycles. The minimum Gasteiger partial charge on any atom is -0.308 e. The van der Waals surface area contributed by atoms with Crippen molar-refractivity contribution >= 4 is 48.6 Å². The molecule has 0 unspecified atom stereocenters. The monoisotopic (exact) mass is 777 g/mol. The van der Waals surface area contributed by atoms with Crippen LogP contribution in [0, 0.1) is 0 Å². The average molecular weight is 778 g/mol. The van der Waals surface area contributed by atoms with E-state index in [2.05, 4.69) is 221 Å². The SMILES string of the molecule is CC1(C)CCC(C)(C)c2c(-c3cc4c(cc3N(c3ccccc3)c3cccc5c3sc3ccccc35)C(c3ccccc3)(c3ccccc3)c3ccccc3-4)cccc21. The lowest BCUT2D eigenvalue weighted by molar-refractivity contribution is 0.333. The average Bonchev–Trinajstić information content (AvgIpc) is 3.80. The van der Waals surface area contributed by atoms with Gasteiger partial charge >= 0.3 is 0 Å². The van der Waals surface area contributed by atoms with Crippen LogP contribution in [0.25, 0.3) is 42.4 Å². The van der Waals surface area contributed by atoms with E-state index in [4.69, 9.17) is 0 Å². The van der Waals surface area contributed by atoms with E-state index in [0.717, 1.165) is 12.1 Å². The van der Waals surface area contributed by atoms with Crippen molar-refractivity contribution in [2.24, 2.45) is 0 Å². The second kappa shape index (κ2) is 13.4. The Morgan fingerprint density at radius 1 is 0.424 bits per heavy atom. The summed E-state index contributed by atoms with van der Waals surface area (Å²) < 4.78 is 2.60. The number of para-hydroxylation sites is 1. The van der Waals surface area contributed by atoms with Crippen LogP contribution in [0.5, 0.6) is 0 Å². The van der Waals surface area contributed by atoms with Gasteiger partial charge in [-0.05, 0) is 110 Å². The highest BCUT2D eigenvalue weighted by Crippen LogP contribution is 2.60. The van der Waals surface area contributed by atoms with Gasteiger partial charge < -0.3 is 4.90 Å². The van der Waals surface area contributed by atoms with E-state index in [1.54, 1.807) is 0 Å². The topological polar surface area (TPSA) is 3.24 Å². The Morgan fingerprint density at radius 2 is 1.00 bits per heavy atom. The number of benzene rings is 8. The predicted molar refractivity (Wildman–Crippen MR) is 252 cm³/mol. The summed E-state index contributed by atoms with van der Waals surface area (Å²) in [7, 11) is 0. The molecule has 9 aromatic rings. The van der Waals surface area contributed by atoms with Gasteiger partial charge in [-0.1, -0.05) is 179 Å². The molecule has 59 heavy (non-hydrogen) atoms. The molecule has 0 atom stereocenters. The number of rotatable bonds is 6. The Hall–Kier alpha value is -6.22. The molecule has 0 saturated heterocycles. The van der Waals surface area contributed by atoms with Gasteiger partial charge in [0.25, 0.3) is 0 Å². The second-order valence-electron chi connectivity index (χ2n) is 17.9. The van der Waals surface area contributed by atoms with Gasteiger partial charge in [0, 0.05) is 26.7 Å². The molecule has 0 amide bonds. The van der Waals surface area contributed by atoms with Crippen LogP contribution in [0.3, 0.4) is 0 Å². The van der Waals surface area contributed by atoms with Gasteiger partial charge in [-0.3, -0.25) is 0 Å². The summed E-state index contributed by atoms with van der Waals surface area (Å²) in [6.07, 6.45) is 2.31. The molecule has 0 saturated carbocycles. The van der Waals surface area contributed by atoms with E-state index >= 15 is 0 Å². The number of nitrogens with zero attached hydrogens (tertiary/aromatic N) is 1. The fourth-order valence-corrected chi connectivity index (χ4v) is 11.9. The number of anilines is 3. The third-order valence-corrected chi connectivity index (χ3v) is 14.8. The molecule has 0 radical (unpaired) electrons. The maximum atomic E-state index is 2.59. The fraction of sp³-hybridized carbons (Fsp3) is 0.158. The van der Waals surface area contributed by atoms with E-state index in [-0.39, 0.29) is 10.8 Å². The van der Waals surface area contributed by atoms with Gasteiger partial charge in [-0.15, -0.1) is 11.3 Å². The molecule has 0 bridgehead atoms. The van der Waals surface area contributed by atoms with Crippen molar-refractivity contribution in [2.75, 3.05) is 4.90 Å². The summed E-state index contributed by atoms with van der Waals surface area (Å²) in [6.45, 7) is 9.82. The second-order valence-corrected chi connectivity index (χ2v) is 18.9. The smallest absolute Gasteiger partial charge is 0.0714 e. The Morgan fingerprint density at radius 3 is 1.75 bits per heavy atom. The van der Waals surface area contributed by atoms with Crippen molar-refractivity contribution in [1.29, 1.82) is 0 Å². The summed E-state index contributed by atoms with van der Waals surface area (Å²) in [6, 6.07) is 70.7. The Labute approximate surface area is 352 Å². The standard InChI is InChI=1S/C57H47NS/c1-55(2)34-35-56(3,4)53-43(28-18-31-48(53)55)46-36-45-41-26-14-16-30-47(41)57(38-20-8-5-9-21-38,39-22-10-6-11-23-39)49(45)37-51(46)58(40-24-12-7-13-25-40)50-32-19-29-44-42-27-15-17-33-52(42)59-54(44)50/h5-33,36-37H,34-35H2,1-4H3. The lowest BCUT2D eigenvalue weighted by atomic mass is 9.61. The Bertz CT molecular complexity index is 3010. The first-order valence-corrected chi connectivity index (χ1v) is 21.9. The Balaban J connectivity index is 1.32. The molecule has 0 spiro atoms. The van der Waals surface area contributed by atoms with E-state index in [1.165, 1.54) is 93.6 Å². The fourth-order valence-electron chi connectivity index (χ4n) is 10.7. The van der Waals surface area contributed by atoms with Crippen molar-refractivity contribution in [3.05, 3.63) is 221 Å². The zero-order chi connectivity index (χ0) is 39.9. The van der Waals surface area contributed by atoms with Crippen LogP contribution >= 0.6 is 11.3 Å². The van der Waals surface area contributed by atoms with Crippen LogP contribution < -0.4 is 4.90 Å². The molecular weight excluding hydrogens is 731 g/mol. The van der Waals surface area contributed by atoms with Crippen molar-refractivity contribution in [1.82, 2.24) is 0 Å². The van der Waals surface area contributed by atoms with Gasteiger partial charge in [-0.25, -0.2) is 0 Å². The maximum absolute atomic E-state index is 2.59. The molecular formula is C57H47NS. The molecule has 1 heterocycles. The normalized spacial score (nSPS) is 15.7. The summed E-state index contributed by atoms with van der Waals surface area (Å²) in [5, 5.41) is 2.60. The highest BCUT2D eigenvalue weighted by molar-refractivity contribution is 7.26. The summed E-state index contributed by atoms with van der Waals surface area (Å²) in [4.78, 5) is 2.58. The highest BCUT2D eigenvalue weighted by atomic mass is 32.1. The van der Waals surface area contributed by atoms with Crippen molar-refractivity contribution in [3.63, 3.8) is 0 Å². The lowest BCUT2D eigenvalue weighted by Crippen LogP contribution is -2.34. The van der Waals surface area contributed by atoms with E-state index in [0.29, 0.717) is 0 Å². The van der Waals surface area contributed by atoms with Gasteiger partial charge in [-0.2, -0.15) is 0 Å². The van der Waals surface area contributed by atoms with Crippen LogP contribution in [0.2, 0.25) is 0 Å². The van der Waals surface area contributed by atoms with E-state index in [9.17, 15) is 0 Å². The van der Waals surface area contributed by atoms with Gasteiger partial charge in [0.1, 0.15) is 0 Å². The first-order chi connectivity index (χ1) is 28.8. The number of thiophene rings is 1. The minimum atomic E-state index is -0.537. The molecule has 8 aromatic carbocycles. The van der Waals surface area contributed by atoms with Crippen molar-refractivity contribution in [3.8, 4) is 22.3 Å². The van der Waals surface area contributed by atoms with Gasteiger partial charge in [0.2, 0.25) is 0 Å². The van der Waals surface area contributed by atoms with Crippen LogP contribution in [-0.4, -0.2) is 0 Å². The van der Waals surface area contributed by atoms with Gasteiger partial charge in [0.05, 0.1) is 21.5 Å². The molecule has 1 nitrogen and oxygen atoms in total. The Kier molecular flexibility index (Phi) is 8.16. The maximum Gasteiger partial charge on any atom is 0.0714 e. The molecule has 286 valence electrons. The van der Waals surface area contributed by atoms with Crippen molar-refractivity contribution < 1.29 is 0 Å². The first kappa shape index (κ1) is 35.9. The number of hydrogen-bond donors (Lipinski definition) is 0. The van der Waals surface area contributed by atoms with Gasteiger partial charge in [0.15, 0.2) is 0 Å². The van der Waals surface area contributed by atoms with Crippen LogP contribution in [0.15, 0.2) is 188 Å². The van der Waals surface area contributed by atoms with Crippen LogP contribution in [0.1, 0.15) is 73.9 Å². The third-order valence-electron chi connectivity index (χ3n) is 13.6. The number of hydrogen-bond acceptors (Lipinski definition) is 2. The molecule has 0 N–H and O–H groups in total. The summed E-state index contributed by atoms with van der Waals surface area (Å²) >= 11 is 1.90. The largest absolute Gasteiger partial charge is 0.308 e. The first-order valence-electron chi connectivity index (χ1n) is 21.1. The molecule has 2 aliphatic rings. The summed E-state index contributed by atoms with van der Waals surface area (Å²) in [5.74, 6) is 0. The number of fused-ring (bicyclic) bond motifs is 7. The lowest BCUT2D eigenvalue weighted by Gasteiger charge is -2.43. The molecule has 0 aliphatic heterocycles. The van der Waals surface area contributed by atoms with Crippen LogP contribution in [-0.2, 0) is 16.2 Å². The summed E-state index contributed by atoms with van der Waals surface area (Å²) in [5.41, 5.74) is 16.4. The van der Waals surface area contributed by atoms with E-state index in [1.807, 2.05) is 11.3 Å². The zero-order valence-electron chi connectivity index (χ0n) is 34.2. The quantitative estimate of drug-likeness (QED) is 0.163. The predicted octanol–water partition coefficient (Wildman–Crippen LogP) is 15.9. The molecule has 11 rings (SSSR count). The molecule has 0 fully saturated rings.